The van der Waals surface area contributed by atoms with Crippen molar-refractivity contribution in [1.29, 1.82) is 0 Å². The van der Waals surface area contributed by atoms with Gasteiger partial charge >= 0.3 is 0 Å². The molecule has 8 rings (SSSR count). The molecule has 1 N–H and O–H groups in total. The molecule has 4 aliphatic carbocycles. The van der Waals surface area contributed by atoms with Crippen molar-refractivity contribution in [3.63, 3.8) is 0 Å². The van der Waals surface area contributed by atoms with Crippen LogP contribution < -0.4 is 5.32 Å². The van der Waals surface area contributed by atoms with Gasteiger partial charge in [0, 0.05) is 17.3 Å². The van der Waals surface area contributed by atoms with E-state index < -0.39 is 0 Å². The van der Waals surface area contributed by atoms with Gasteiger partial charge in [-0.25, -0.2) is 0 Å². The zero-order chi connectivity index (χ0) is 27.8. The van der Waals surface area contributed by atoms with Gasteiger partial charge < -0.3 is 5.32 Å². The highest BCUT2D eigenvalue weighted by molar-refractivity contribution is 5.85. The van der Waals surface area contributed by atoms with Crippen LogP contribution in [0.15, 0.2) is 138 Å². The van der Waals surface area contributed by atoms with Crippen LogP contribution in [0.4, 0.5) is 11.4 Å². The van der Waals surface area contributed by atoms with E-state index in [0.717, 1.165) is 30.6 Å². The van der Waals surface area contributed by atoms with Gasteiger partial charge in [0.2, 0.25) is 0 Å². The van der Waals surface area contributed by atoms with Crippen molar-refractivity contribution in [2.75, 3.05) is 5.32 Å². The van der Waals surface area contributed by atoms with Crippen molar-refractivity contribution < 1.29 is 0 Å². The number of nitrogens with one attached hydrogen (secondary N) is 1. The summed E-state index contributed by atoms with van der Waals surface area (Å²) in [5.41, 5.74) is 18.2. The van der Waals surface area contributed by atoms with Crippen molar-refractivity contribution >= 4 is 11.4 Å². The Morgan fingerprint density at radius 1 is 0.634 bits per heavy atom. The lowest BCUT2D eigenvalue weighted by atomic mass is 9.82. The third-order valence-electron chi connectivity index (χ3n) is 9.04. The summed E-state index contributed by atoms with van der Waals surface area (Å²) in [7, 11) is 0. The molecule has 1 nitrogen and oxygen atoms in total. The first kappa shape index (κ1) is 25.6. The Bertz CT molecular complexity index is 1720. The number of allylic oxidation sites excluding steroid dienone is 8. The van der Waals surface area contributed by atoms with Crippen LogP contribution in [0.3, 0.4) is 0 Å². The topological polar surface area (TPSA) is 12.0 Å². The highest BCUT2D eigenvalue weighted by atomic mass is 14.9. The van der Waals surface area contributed by atoms with E-state index in [0.29, 0.717) is 5.92 Å². The van der Waals surface area contributed by atoms with Crippen LogP contribution in [-0.4, -0.2) is 0 Å². The predicted octanol–water partition coefficient (Wildman–Crippen LogP) is 11.1. The van der Waals surface area contributed by atoms with E-state index in [-0.39, 0.29) is 0 Å². The Hall–Kier alpha value is -4.36. The van der Waals surface area contributed by atoms with Gasteiger partial charge in [-0.3, -0.25) is 0 Å². The van der Waals surface area contributed by atoms with Crippen molar-refractivity contribution in [1.82, 2.24) is 0 Å². The molecule has 0 heterocycles. The quantitative estimate of drug-likeness (QED) is 0.243. The SMILES string of the molecule is C1=CC2=C(CC1)CC1=C2C=CCC1c1ccc(Nc2ccc(-c3cccc4c3Cc3ccccc3-4)cc2)cc1.CC. The number of fused-ring (bicyclic) bond motifs is 4. The van der Waals surface area contributed by atoms with Gasteiger partial charge in [0.15, 0.2) is 0 Å². The maximum absolute atomic E-state index is 3.62. The molecule has 1 unspecified atom stereocenters. The van der Waals surface area contributed by atoms with E-state index in [1.807, 2.05) is 13.8 Å². The van der Waals surface area contributed by atoms with Crippen LogP contribution in [0.1, 0.15) is 62.1 Å². The molecule has 0 fully saturated rings. The van der Waals surface area contributed by atoms with Gasteiger partial charge in [0.25, 0.3) is 0 Å². The van der Waals surface area contributed by atoms with E-state index in [1.54, 1.807) is 11.1 Å². The normalized spacial score (nSPS) is 17.9. The summed E-state index contributed by atoms with van der Waals surface area (Å²) >= 11 is 0. The minimum absolute atomic E-state index is 0.496. The Balaban J connectivity index is 0.00000135. The van der Waals surface area contributed by atoms with Crippen LogP contribution in [-0.2, 0) is 6.42 Å². The summed E-state index contributed by atoms with van der Waals surface area (Å²) in [4.78, 5) is 0. The monoisotopic (exact) mass is 531 g/mol. The highest BCUT2D eigenvalue weighted by Crippen LogP contribution is 2.48. The minimum atomic E-state index is 0.496. The molecular formula is C40H37N. The molecule has 0 aromatic heterocycles. The summed E-state index contributed by atoms with van der Waals surface area (Å²) < 4.78 is 0. The molecule has 1 atom stereocenters. The molecule has 4 aliphatic rings. The molecule has 41 heavy (non-hydrogen) atoms. The molecular weight excluding hydrogens is 494 g/mol. The summed E-state index contributed by atoms with van der Waals surface area (Å²) in [6.07, 6.45) is 15.1. The van der Waals surface area contributed by atoms with Gasteiger partial charge in [-0.2, -0.15) is 0 Å². The number of hydrogen-bond donors (Lipinski definition) is 1. The summed E-state index contributed by atoms with van der Waals surface area (Å²) in [6, 6.07) is 33.6. The molecule has 0 bridgehead atoms. The molecule has 0 spiro atoms. The standard InChI is InChI=1S/C38H31N.C2H6/c1-3-9-33-27(7-1)23-37-31(11-5-13-35(33)37)25-15-19-29(20-16-25)39-30-21-17-26(18-22-30)32-12-6-14-36-34-10-4-2-8-28(34)24-38(32)36;1-2/h1,3-7,9-11,13-22,32,39H,2,8,12,23-24H2;1-2H3. The van der Waals surface area contributed by atoms with Crippen LogP contribution >= 0.6 is 0 Å². The fourth-order valence-electron chi connectivity index (χ4n) is 7.11. The molecule has 4 aromatic rings. The lowest BCUT2D eigenvalue weighted by Crippen LogP contribution is -2.06. The molecule has 202 valence electrons. The third-order valence-corrected chi connectivity index (χ3v) is 9.04. The van der Waals surface area contributed by atoms with Crippen LogP contribution in [0.5, 0.6) is 0 Å². The highest BCUT2D eigenvalue weighted by Gasteiger charge is 2.30. The summed E-state index contributed by atoms with van der Waals surface area (Å²) in [6.45, 7) is 4.00. The van der Waals surface area contributed by atoms with Crippen molar-refractivity contribution in [2.45, 2.75) is 51.9 Å². The van der Waals surface area contributed by atoms with Crippen LogP contribution in [0.25, 0.3) is 22.3 Å². The first-order chi connectivity index (χ1) is 20.3. The van der Waals surface area contributed by atoms with E-state index >= 15 is 0 Å². The number of hydrogen-bond acceptors (Lipinski definition) is 1. The molecule has 0 radical (unpaired) electrons. The van der Waals surface area contributed by atoms with Gasteiger partial charge in [0.05, 0.1) is 0 Å². The largest absolute Gasteiger partial charge is 0.356 e. The fourth-order valence-corrected chi connectivity index (χ4v) is 7.11. The zero-order valence-corrected chi connectivity index (χ0v) is 24.1. The average Bonchev–Trinajstić information content (AvgIpc) is 3.62. The molecule has 0 amide bonds. The predicted molar refractivity (Wildman–Crippen MR) is 175 cm³/mol. The lowest BCUT2D eigenvalue weighted by Gasteiger charge is -2.23. The minimum Gasteiger partial charge on any atom is -0.356 e. The first-order valence-corrected chi connectivity index (χ1v) is 15.3. The van der Waals surface area contributed by atoms with Gasteiger partial charge in [-0.1, -0.05) is 116 Å². The summed E-state index contributed by atoms with van der Waals surface area (Å²) in [5, 5.41) is 3.62. The van der Waals surface area contributed by atoms with Crippen LogP contribution in [0.2, 0.25) is 0 Å². The average molecular weight is 532 g/mol. The van der Waals surface area contributed by atoms with Gasteiger partial charge in [0.1, 0.15) is 0 Å². The smallest absolute Gasteiger partial charge is 0.0384 e. The summed E-state index contributed by atoms with van der Waals surface area (Å²) in [5.74, 6) is 0.496. The van der Waals surface area contributed by atoms with Gasteiger partial charge in [-0.15, -0.1) is 0 Å². The zero-order valence-electron chi connectivity index (χ0n) is 24.1. The molecule has 0 saturated heterocycles. The van der Waals surface area contributed by atoms with Crippen molar-refractivity contribution in [3.8, 4) is 22.3 Å². The first-order valence-electron chi connectivity index (χ1n) is 15.3. The molecule has 1 heteroatoms. The van der Waals surface area contributed by atoms with E-state index in [9.17, 15) is 0 Å². The second kappa shape index (κ2) is 10.9. The fraction of sp³-hybridized carbons (Fsp3) is 0.200. The molecule has 0 saturated carbocycles. The maximum Gasteiger partial charge on any atom is 0.0384 e. The van der Waals surface area contributed by atoms with Crippen molar-refractivity contribution in [2.24, 2.45) is 0 Å². The van der Waals surface area contributed by atoms with E-state index in [2.05, 4.69) is 121 Å². The third kappa shape index (κ3) is 4.60. The number of benzene rings is 4. The number of anilines is 2. The Labute approximate surface area is 244 Å². The lowest BCUT2D eigenvalue weighted by molar-refractivity contribution is 0.761. The second-order valence-electron chi connectivity index (χ2n) is 11.3. The van der Waals surface area contributed by atoms with Gasteiger partial charge in [-0.05, 0) is 106 Å². The Kier molecular flexibility index (Phi) is 6.80. The number of rotatable bonds is 4. The Morgan fingerprint density at radius 2 is 1.34 bits per heavy atom. The molecule has 4 aromatic carbocycles. The van der Waals surface area contributed by atoms with Crippen molar-refractivity contribution in [3.05, 3.63) is 154 Å². The van der Waals surface area contributed by atoms with Crippen LogP contribution in [0, 0.1) is 0 Å². The van der Waals surface area contributed by atoms with E-state index in [4.69, 9.17) is 0 Å². The Morgan fingerprint density at radius 3 is 2.17 bits per heavy atom. The van der Waals surface area contributed by atoms with E-state index in [1.165, 1.54) is 62.9 Å². The molecule has 0 aliphatic heterocycles. The maximum atomic E-state index is 3.62. The second-order valence-corrected chi connectivity index (χ2v) is 11.3.